The molecule has 0 unspecified atom stereocenters. The van der Waals surface area contributed by atoms with E-state index >= 15 is 0 Å². The van der Waals surface area contributed by atoms with Crippen LogP contribution >= 0.6 is 0 Å². The van der Waals surface area contributed by atoms with Crippen LogP contribution in [0.3, 0.4) is 0 Å². The molecular formula is C19H30N2O3. The van der Waals surface area contributed by atoms with E-state index in [1.54, 1.807) is 0 Å². The fourth-order valence-electron chi connectivity index (χ4n) is 3.13. The molecule has 1 aliphatic heterocycles. The summed E-state index contributed by atoms with van der Waals surface area (Å²) in [6.45, 7) is 8.06. The molecule has 1 fully saturated rings. The molecule has 2 rings (SSSR count). The van der Waals surface area contributed by atoms with Gasteiger partial charge in [-0.2, -0.15) is 0 Å². The van der Waals surface area contributed by atoms with Gasteiger partial charge in [-0.05, 0) is 38.2 Å². The first-order valence-electron chi connectivity index (χ1n) is 8.90. The van der Waals surface area contributed by atoms with Crippen molar-refractivity contribution in [3.8, 4) is 0 Å². The first kappa shape index (κ1) is 18.7. The number of benzene rings is 1. The molecule has 5 heteroatoms. The standard InChI is InChI=1S/C19H30N2O3/c1-16(2)21(12-13-22)14-17-8-10-20(11-9-17)19(23)24-15-18-6-4-3-5-7-18/h3-7,16-17,22H,8-15H2,1-2H3. The average molecular weight is 334 g/mol. The number of likely N-dealkylation sites (tertiary alicyclic amines) is 1. The van der Waals surface area contributed by atoms with E-state index in [4.69, 9.17) is 4.74 Å². The quantitative estimate of drug-likeness (QED) is 0.833. The Kier molecular flexibility index (Phi) is 7.53. The SMILES string of the molecule is CC(C)N(CCO)CC1CCN(C(=O)OCc2ccccc2)CC1. The van der Waals surface area contributed by atoms with Gasteiger partial charge >= 0.3 is 6.09 Å². The molecule has 0 aromatic heterocycles. The van der Waals surface area contributed by atoms with E-state index < -0.39 is 0 Å². The Bertz CT molecular complexity index is 485. The van der Waals surface area contributed by atoms with Gasteiger partial charge < -0.3 is 14.7 Å². The molecule has 134 valence electrons. The third-order valence-electron chi connectivity index (χ3n) is 4.69. The molecule has 0 bridgehead atoms. The minimum Gasteiger partial charge on any atom is -0.445 e. The number of ether oxygens (including phenoxy) is 1. The maximum absolute atomic E-state index is 12.2. The molecule has 1 aromatic rings. The average Bonchev–Trinajstić information content (AvgIpc) is 2.60. The third-order valence-corrected chi connectivity index (χ3v) is 4.69. The highest BCUT2D eigenvalue weighted by Gasteiger charge is 2.25. The van der Waals surface area contributed by atoms with Crippen molar-refractivity contribution in [2.45, 2.75) is 39.3 Å². The lowest BCUT2D eigenvalue weighted by molar-refractivity contribution is 0.0722. The second-order valence-corrected chi connectivity index (χ2v) is 6.78. The van der Waals surface area contributed by atoms with E-state index in [0.29, 0.717) is 18.6 Å². The van der Waals surface area contributed by atoms with E-state index in [2.05, 4.69) is 18.7 Å². The highest BCUT2D eigenvalue weighted by Crippen LogP contribution is 2.20. The summed E-state index contributed by atoms with van der Waals surface area (Å²) >= 11 is 0. The number of aliphatic hydroxyl groups is 1. The Morgan fingerprint density at radius 2 is 1.96 bits per heavy atom. The van der Waals surface area contributed by atoms with Crippen LogP contribution in [0.25, 0.3) is 0 Å². The van der Waals surface area contributed by atoms with E-state index in [0.717, 1.165) is 44.6 Å². The van der Waals surface area contributed by atoms with Crippen molar-refractivity contribution in [2.24, 2.45) is 5.92 Å². The van der Waals surface area contributed by atoms with E-state index in [9.17, 15) is 9.90 Å². The normalized spacial score (nSPS) is 16.0. The second kappa shape index (κ2) is 9.64. The zero-order valence-corrected chi connectivity index (χ0v) is 14.9. The summed E-state index contributed by atoms with van der Waals surface area (Å²) in [5.74, 6) is 0.581. The minimum absolute atomic E-state index is 0.197. The summed E-state index contributed by atoms with van der Waals surface area (Å²) in [5, 5.41) is 9.17. The molecule has 1 saturated heterocycles. The van der Waals surface area contributed by atoms with Gasteiger partial charge in [0.25, 0.3) is 0 Å². The Morgan fingerprint density at radius 1 is 1.29 bits per heavy atom. The number of rotatable bonds is 7. The van der Waals surface area contributed by atoms with Crippen LogP contribution in [-0.2, 0) is 11.3 Å². The van der Waals surface area contributed by atoms with Gasteiger partial charge in [-0.25, -0.2) is 4.79 Å². The molecule has 1 aromatic carbocycles. The van der Waals surface area contributed by atoms with Crippen LogP contribution in [0.15, 0.2) is 30.3 Å². The Hall–Kier alpha value is -1.59. The van der Waals surface area contributed by atoms with Crippen LogP contribution in [0.4, 0.5) is 4.79 Å². The summed E-state index contributed by atoms with van der Waals surface area (Å²) < 4.78 is 5.40. The maximum Gasteiger partial charge on any atom is 0.410 e. The number of piperidine rings is 1. The van der Waals surface area contributed by atoms with Crippen molar-refractivity contribution in [3.05, 3.63) is 35.9 Å². The van der Waals surface area contributed by atoms with Crippen molar-refractivity contribution in [3.63, 3.8) is 0 Å². The van der Waals surface area contributed by atoms with Crippen molar-refractivity contribution in [1.29, 1.82) is 0 Å². The van der Waals surface area contributed by atoms with Gasteiger partial charge in [0.1, 0.15) is 6.61 Å². The van der Waals surface area contributed by atoms with Gasteiger partial charge in [0.15, 0.2) is 0 Å². The number of amides is 1. The smallest absolute Gasteiger partial charge is 0.410 e. The lowest BCUT2D eigenvalue weighted by atomic mass is 9.96. The van der Waals surface area contributed by atoms with Crippen molar-refractivity contribution >= 4 is 6.09 Å². The predicted molar refractivity (Wildman–Crippen MR) is 94.7 cm³/mol. The van der Waals surface area contributed by atoms with Crippen LogP contribution in [0.1, 0.15) is 32.3 Å². The number of nitrogens with zero attached hydrogens (tertiary/aromatic N) is 2. The van der Waals surface area contributed by atoms with Gasteiger partial charge in [0.05, 0.1) is 6.61 Å². The molecule has 1 N–H and O–H groups in total. The zero-order chi connectivity index (χ0) is 17.4. The Labute approximate surface area is 145 Å². The Morgan fingerprint density at radius 3 is 2.54 bits per heavy atom. The van der Waals surface area contributed by atoms with Crippen LogP contribution in [0.2, 0.25) is 0 Å². The first-order valence-corrected chi connectivity index (χ1v) is 8.90. The van der Waals surface area contributed by atoms with Crippen molar-refractivity contribution in [2.75, 3.05) is 32.8 Å². The summed E-state index contributed by atoms with van der Waals surface area (Å²) in [4.78, 5) is 16.3. The fraction of sp³-hybridized carbons (Fsp3) is 0.632. The monoisotopic (exact) mass is 334 g/mol. The van der Waals surface area contributed by atoms with Gasteiger partial charge in [0, 0.05) is 32.2 Å². The van der Waals surface area contributed by atoms with Crippen LogP contribution in [0, 0.1) is 5.92 Å². The maximum atomic E-state index is 12.2. The molecule has 0 radical (unpaired) electrons. The van der Waals surface area contributed by atoms with Crippen LogP contribution in [-0.4, -0.2) is 59.8 Å². The van der Waals surface area contributed by atoms with Crippen LogP contribution in [0.5, 0.6) is 0 Å². The number of carbonyl (C=O) groups is 1. The van der Waals surface area contributed by atoms with Crippen molar-refractivity contribution in [1.82, 2.24) is 9.80 Å². The predicted octanol–water partition coefficient (Wildman–Crippen LogP) is 2.74. The summed E-state index contributed by atoms with van der Waals surface area (Å²) in [6, 6.07) is 10.2. The van der Waals surface area contributed by atoms with E-state index in [-0.39, 0.29) is 12.7 Å². The van der Waals surface area contributed by atoms with Gasteiger partial charge in [-0.1, -0.05) is 30.3 Å². The fourth-order valence-corrected chi connectivity index (χ4v) is 3.13. The zero-order valence-electron chi connectivity index (χ0n) is 14.9. The molecule has 1 heterocycles. The van der Waals surface area contributed by atoms with E-state index in [1.165, 1.54) is 0 Å². The lowest BCUT2D eigenvalue weighted by Crippen LogP contribution is -2.43. The molecule has 0 spiro atoms. The lowest BCUT2D eigenvalue weighted by Gasteiger charge is -2.35. The molecule has 1 amide bonds. The van der Waals surface area contributed by atoms with Gasteiger partial charge in [-0.3, -0.25) is 4.90 Å². The summed E-state index contributed by atoms with van der Waals surface area (Å²) in [7, 11) is 0. The molecule has 24 heavy (non-hydrogen) atoms. The highest BCUT2D eigenvalue weighted by molar-refractivity contribution is 5.67. The van der Waals surface area contributed by atoms with E-state index in [1.807, 2.05) is 35.2 Å². The summed E-state index contributed by atoms with van der Waals surface area (Å²) in [5.41, 5.74) is 1.01. The summed E-state index contributed by atoms with van der Waals surface area (Å²) in [6.07, 6.45) is 1.78. The number of carbonyl (C=O) groups excluding carboxylic acids is 1. The molecule has 5 nitrogen and oxygen atoms in total. The topological polar surface area (TPSA) is 53.0 Å². The third kappa shape index (κ3) is 5.80. The van der Waals surface area contributed by atoms with Crippen LogP contribution < -0.4 is 0 Å². The molecular weight excluding hydrogens is 304 g/mol. The highest BCUT2D eigenvalue weighted by atomic mass is 16.6. The second-order valence-electron chi connectivity index (χ2n) is 6.78. The van der Waals surface area contributed by atoms with Crippen molar-refractivity contribution < 1.29 is 14.6 Å². The van der Waals surface area contributed by atoms with Gasteiger partial charge in [0.2, 0.25) is 0 Å². The molecule has 0 aliphatic carbocycles. The number of hydrogen-bond donors (Lipinski definition) is 1. The Balaban J connectivity index is 1.72. The number of aliphatic hydroxyl groups excluding tert-OH is 1. The van der Waals surface area contributed by atoms with Gasteiger partial charge in [-0.15, -0.1) is 0 Å². The minimum atomic E-state index is -0.214. The largest absolute Gasteiger partial charge is 0.445 e. The molecule has 0 saturated carbocycles. The number of hydrogen-bond acceptors (Lipinski definition) is 4. The molecule has 0 atom stereocenters. The molecule has 1 aliphatic rings. The first-order chi connectivity index (χ1) is 11.6.